The topological polar surface area (TPSA) is 90.7 Å². The molecule has 1 rings (SSSR count). The highest BCUT2D eigenvalue weighted by Crippen LogP contribution is 2.25. The van der Waals surface area contributed by atoms with Crippen molar-refractivity contribution in [3.8, 4) is 5.75 Å². The van der Waals surface area contributed by atoms with Crippen LogP contribution in [0, 0.1) is 0 Å². The van der Waals surface area contributed by atoms with Gasteiger partial charge in [0, 0.05) is 0 Å². The third-order valence-electron chi connectivity index (χ3n) is 2.19. The van der Waals surface area contributed by atoms with Crippen LogP contribution in [0.25, 0.3) is 0 Å². The molecular formula is C12H16N2O4. The summed E-state index contributed by atoms with van der Waals surface area (Å²) in [5.74, 6) is -0.639. The molecule has 1 aromatic rings. The van der Waals surface area contributed by atoms with Crippen LogP contribution in [-0.4, -0.2) is 32.1 Å². The lowest BCUT2D eigenvalue weighted by molar-refractivity contribution is -0.141. The van der Waals surface area contributed by atoms with Gasteiger partial charge in [-0.3, -0.25) is 9.59 Å². The Morgan fingerprint density at radius 2 is 2.11 bits per heavy atom. The van der Waals surface area contributed by atoms with Gasteiger partial charge in [-0.05, 0) is 19.1 Å². The minimum atomic E-state index is -0.492. The summed E-state index contributed by atoms with van der Waals surface area (Å²) in [6.45, 7) is 1.78. The molecule has 0 saturated heterocycles. The van der Waals surface area contributed by atoms with Gasteiger partial charge in [0.2, 0.25) is 0 Å². The van der Waals surface area contributed by atoms with Gasteiger partial charge in [0.05, 0.1) is 25.0 Å². The van der Waals surface area contributed by atoms with Gasteiger partial charge >= 0.3 is 5.97 Å². The van der Waals surface area contributed by atoms with Crippen LogP contribution >= 0.6 is 0 Å². The number of carbonyl (C=O) groups excluding carboxylic acids is 2. The van der Waals surface area contributed by atoms with Crippen LogP contribution in [0.4, 0.5) is 5.69 Å². The number of carbonyl (C=O) groups is 2. The molecule has 1 amide bonds. The zero-order chi connectivity index (χ0) is 13.5. The molecule has 0 aliphatic carbocycles. The Labute approximate surface area is 105 Å². The molecule has 18 heavy (non-hydrogen) atoms. The minimum absolute atomic E-state index is 0.190. The normalized spacial score (nSPS) is 9.67. The Balaban J connectivity index is 2.73. The van der Waals surface area contributed by atoms with E-state index in [1.165, 1.54) is 7.11 Å². The smallest absolute Gasteiger partial charge is 0.325 e. The van der Waals surface area contributed by atoms with Gasteiger partial charge in [-0.2, -0.15) is 0 Å². The highest BCUT2D eigenvalue weighted by molar-refractivity contribution is 5.99. The van der Waals surface area contributed by atoms with Crippen molar-refractivity contribution in [2.45, 2.75) is 6.92 Å². The second kappa shape index (κ2) is 6.48. The second-order valence-electron chi connectivity index (χ2n) is 3.42. The molecule has 0 fully saturated rings. The maximum atomic E-state index is 11.8. The Morgan fingerprint density at radius 3 is 2.72 bits per heavy atom. The van der Waals surface area contributed by atoms with Gasteiger partial charge in [0.25, 0.3) is 5.91 Å². The van der Waals surface area contributed by atoms with Gasteiger partial charge in [-0.25, -0.2) is 0 Å². The lowest BCUT2D eigenvalue weighted by Crippen LogP contribution is -2.31. The van der Waals surface area contributed by atoms with Crippen LogP contribution in [0.3, 0.4) is 0 Å². The number of hydrogen-bond acceptors (Lipinski definition) is 5. The van der Waals surface area contributed by atoms with E-state index >= 15 is 0 Å². The third kappa shape index (κ3) is 3.38. The van der Waals surface area contributed by atoms with Crippen LogP contribution in [-0.2, 0) is 9.53 Å². The number of anilines is 1. The molecule has 0 radical (unpaired) electrons. The number of nitrogens with one attached hydrogen (secondary N) is 1. The number of hydrogen-bond donors (Lipinski definition) is 2. The molecule has 0 saturated carbocycles. The van der Waals surface area contributed by atoms with E-state index in [4.69, 9.17) is 15.2 Å². The first-order valence-corrected chi connectivity index (χ1v) is 5.46. The summed E-state index contributed by atoms with van der Waals surface area (Å²) in [7, 11) is 1.42. The van der Waals surface area contributed by atoms with E-state index in [2.05, 4.69) is 5.32 Å². The molecule has 1 aromatic carbocycles. The predicted molar refractivity (Wildman–Crippen MR) is 66.4 cm³/mol. The van der Waals surface area contributed by atoms with Gasteiger partial charge in [0.15, 0.2) is 5.75 Å². The molecule has 0 heterocycles. The third-order valence-corrected chi connectivity index (χ3v) is 2.19. The van der Waals surface area contributed by atoms with Crippen molar-refractivity contribution < 1.29 is 19.1 Å². The molecule has 0 aromatic heterocycles. The van der Waals surface area contributed by atoms with Crippen molar-refractivity contribution in [1.82, 2.24) is 5.32 Å². The molecule has 0 aliphatic rings. The maximum Gasteiger partial charge on any atom is 0.325 e. The number of methoxy groups -OCH3 is 1. The highest BCUT2D eigenvalue weighted by Gasteiger charge is 2.15. The summed E-state index contributed by atoms with van der Waals surface area (Å²) in [5.41, 5.74) is 6.32. The van der Waals surface area contributed by atoms with E-state index in [9.17, 15) is 9.59 Å². The predicted octanol–water partition coefficient (Wildman–Crippen LogP) is 0.570. The molecule has 98 valence electrons. The molecule has 0 bridgehead atoms. The molecular weight excluding hydrogens is 236 g/mol. The van der Waals surface area contributed by atoms with Gasteiger partial charge in [-0.1, -0.05) is 6.07 Å². The number of ether oxygens (including phenoxy) is 2. The van der Waals surface area contributed by atoms with Crippen LogP contribution in [0.1, 0.15) is 17.3 Å². The van der Waals surface area contributed by atoms with Crippen molar-refractivity contribution in [2.24, 2.45) is 0 Å². The first-order chi connectivity index (χ1) is 8.60. The first-order valence-electron chi connectivity index (χ1n) is 5.46. The Bertz CT molecular complexity index is 446. The summed E-state index contributed by atoms with van der Waals surface area (Å²) in [6, 6.07) is 4.83. The van der Waals surface area contributed by atoms with E-state index in [1.807, 2.05) is 0 Å². The summed E-state index contributed by atoms with van der Waals surface area (Å²) < 4.78 is 9.75. The fourth-order valence-corrected chi connectivity index (χ4v) is 1.42. The summed E-state index contributed by atoms with van der Waals surface area (Å²) >= 11 is 0. The Hall–Kier alpha value is -2.24. The van der Waals surface area contributed by atoms with E-state index in [-0.39, 0.29) is 18.7 Å². The van der Waals surface area contributed by atoms with E-state index in [0.717, 1.165) is 0 Å². The number of benzene rings is 1. The monoisotopic (exact) mass is 252 g/mol. The number of nitrogen functional groups attached to an aromatic ring is 1. The fourth-order valence-electron chi connectivity index (χ4n) is 1.42. The molecule has 6 heteroatoms. The van der Waals surface area contributed by atoms with Crippen molar-refractivity contribution in [3.05, 3.63) is 23.8 Å². The first kappa shape index (κ1) is 13.8. The molecule has 0 spiro atoms. The molecule has 3 N–H and O–H groups in total. The van der Waals surface area contributed by atoms with Gasteiger partial charge in [-0.15, -0.1) is 0 Å². The minimum Gasteiger partial charge on any atom is -0.494 e. The Morgan fingerprint density at radius 1 is 1.39 bits per heavy atom. The zero-order valence-electron chi connectivity index (χ0n) is 10.4. The molecule has 0 atom stereocenters. The van der Waals surface area contributed by atoms with Gasteiger partial charge in [0.1, 0.15) is 6.54 Å². The van der Waals surface area contributed by atoms with Crippen molar-refractivity contribution >= 4 is 17.6 Å². The summed E-state index contributed by atoms with van der Waals surface area (Å²) in [5, 5.41) is 2.44. The van der Waals surface area contributed by atoms with E-state index in [1.54, 1.807) is 25.1 Å². The second-order valence-corrected chi connectivity index (χ2v) is 3.42. The number of para-hydroxylation sites is 1. The fraction of sp³-hybridized carbons (Fsp3) is 0.333. The van der Waals surface area contributed by atoms with Gasteiger partial charge < -0.3 is 20.5 Å². The van der Waals surface area contributed by atoms with Crippen molar-refractivity contribution in [1.29, 1.82) is 0 Å². The van der Waals surface area contributed by atoms with Crippen LogP contribution in [0.2, 0.25) is 0 Å². The van der Waals surface area contributed by atoms with Crippen molar-refractivity contribution in [3.63, 3.8) is 0 Å². The number of esters is 1. The SMILES string of the molecule is CCOC(=O)CNC(=O)c1cccc(N)c1OC. The average Bonchev–Trinajstić information content (AvgIpc) is 2.36. The largest absolute Gasteiger partial charge is 0.494 e. The van der Waals surface area contributed by atoms with Crippen LogP contribution in [0.5, 0.6) is 5.75 Å². The standard InChI is InChI=1S/C12H16N2O4/c1-3-18-10(15)7-14-12(16)8-5-4-6-9(13)11(8)17-2/h4-6H,3,7,13H2,1-2H3,(H,14,16). The highest BCUT2D eigenvalue weighted by atomic mass is 16.5. The van der Waals surface area contributed by atoms with Crippen LogP contribution in [0.15, 0.2) is 18.2 Å². The quantitative estimate of drug-likeness (QED) is 0.590. The number of amides is 1. The molecule has 0 unspecified atom stereocenters. The maximum absolute atomic E-state index is 11.8. The van der Waals surface area contributed by atoms with E-state index < -0.39 is 11.9 Å². The number of rotatable bonds is 5. The average molecular weight is 252 g/mol. The Kier molecular flexibility index (Phi) is 4.98. The van der Waals surface area contributed by atoms with E-state index in [0.29, 0.717) is 11.4 Å². The summed E-state index contributed by atoms with van der Waals surface area (Å²) in [6.07, 6.45) is 0. The lowest BCUT2D eigenvalue weighted by atomic mass is 10.1. The zero-order valence-corrected chi connectivity index (χ0v) is 10.4. The lowest BCUT2D eigenvalue weighted by Gasteiger charge is -2.10. The van der Waals surface area contributed by atoms with Crippen LogP contribution < -0.4 is 15.8 Å². The molecule has 6 nitrogen and oxygen atoms in total. The van der Waals surface area contributed by atoms with Crippen molar-refractivity contribution in [2.75, 3.05) is 26.0 Å². The molecule has 0 aliphatic heterocycles. The number of nitrogens with two attached hydrogens (primary N) is 1. The summed E-state index contributed by atoms with van der Waals surface area (Å²) in [4.78, 5) is 22.9.